The van der Waals surface area contributed by atoms with Gasteiger partial charge in [-0.3, -0.25) is 4.79 Å². The number of amides is 1. The molecule has 4 rings (SSSR count). The first-order valence-electron chi connectivity index (χ1n) is 10.1. The summed E-state index contributed by atoms with van der Waals surface area (Å²) >= 11 is 0. The predicted octanol–water partition coefficient (Wildman–Crippen LogP) is 5.76. The van der Waals surface area contributed by atoms with E-state index in [-0.39, 0.29) is 5.91 Å². The van der Waals surface area contributed by atoms with Crippen LogP contribution in [0.2, 0.25) is 0 Å². The van der Waals surface area contributed by atoms with Gasteiger partial charge in [-0.25, -0.2) is 0 Å². The number of hydrogen-bond donors (Lipinski definition) is 1. The van der Waals surface area contributed by atoms with Crippen molar-refractivity contribution in [3.05, 3.63) is 83.9 Å². The number of para-hydroxylation sites is 1. The van der Waals surface area contributed by atoms with Gasteiger partial charge in [-0.05, 0) is 92.3 Å². The molecule has 1 unspecified atom stereocenters. The van der Waals surface area contributed by atoms with Crippen molar-refractivity contribution in [3.8, 4) is 17.2 Å². The SMILES string of the molecule is CC(Oc1ccc2c(c1)CCCC2)C(=O)Nc1ccc(Oc2ccccc2)cc1. The number of benzene rings is 3. The minimum atomic E-state index is -0.586. The zero-order valence-corrected chi connectivity index (χ0v) is 16.6. The van der Waals surface area contributed by atoms with Crippen molar-refractivity contribution < 1.29 is 14.3 Å². The second-order valence-electron chi connectivity index (χ2n) is 7.33. The minimum Gasteiger partial charge on any atom is -0.481 e. The highest BCUT2D eigenvalue weighted by atomic mass is 16.5. The Morgan fingerprint density at radius 3 is 2.24 bits per heavy atom. The van der Waals surface area contributed by atoms with E-state index in [4.69, 9.17) is 9.47 Å². The van der Waals surface area contributed by atoms with Crippen LogP contribution in [0.1, 0.15) is 30.9 Å². The van der Waals surface area contributed by atoms with E-state index in [1.54, 1.807) is 6.92 Å². The Labute approximate surface area is 171 Å². The normalized spacial score (nSPS) is 13.8. The summed E-state index contributed by atoms with van der Waals surface area (Å²) in [5.41, 5.74) is 3.45. The molecule has 1 aliphatic carbocycles. The van der Waals surface area contributed by atoms with E-state index in [1.165, 1.54) is 24.0 Å². The molecule has 3 aromatic carbocycles. The third kappa shape index (κ3) is 4.96. The van der Waals surface area contributed by atoms with E-state index < -0.39 is 6.10 Å². The van der Waals surface area contributed by atoms with E-state index in [0.717, 1.165) is 24.3 Å². The average Bonchev–Trinajstić information content (AvgIpc) is 2.76. The Balaban J connectivity index is 1.33. The van der Waals surface area contributed by atoms with Crippen molar-refractivity contribution in [2.45, 2.75) is 38.7 Å². The van der Waals surface area contributed by atoms with Crippen molar-refractivity contribution in [2.24, 2.45) is 0 Å². The van der Waals surface area contributed by atoms with Gasteiger partial charge in [0.1, 0.15) is 17.2 Å². The van der Waals surface area contributed by atoms with Crippen LogP contribution in [0.15, 0.2) is 72.8 Å². The van der Waals surface area contributed by atoms with Gasteiger partial charge in [0.25, 0.3) is 5.91 Å². The van der Waals surface area contributed by atoms with Gasteiger partial charge in [0.15, 0.2) is 6.10 Å². The molecule has 0 aliphatic heterocycles. The number of carbonyl (C=O) groups excluding carboxylic acids is 1. The van der Waals surface area contributed by atoms with E-state index in [2.05, 4.69) is 17.4 Å². The molecule has 0 aromatic heterocycles. The van der Waals surface area contributed by atoms with Gasteiger partial charge in [-0.15, -0.1) is 0 Å². The van der Waals surface area contributed by atoms with Crippen LogP contribution in [0.25, 0.3) is 0 Å². The van der Waals surface area contributed by atoms with Gasteiger partial charge < -0.3 is 14.8 Å². The number of anilines is 1. The molecule has 1 atom stereocenters. The van der Waals surface area contributed by atoms with Crippen molar-refractivity contribution in [1.29, 1.82) is 0 Å². The highest BCUT2D eigenvalue weighted by Crippen LogP contribution is 2.26. The maximum Gasteiger partial charge on any atom is 0.265 e. The zero-order valence-electron chi connectivity index (χ0n) is 16.6. The number of aryl methyl sites for hydroxylation is 2. The molecule has 1 aliphatic rings. The summed E-state index contributed by atoms with van der Waals surface area (Å²) in [7, 11) is 0. The topological polar surface area (TPSA) is 47.6 Å². The Hall–Kier alpha value is -3.27. The molecule has 148 valence electrons. The summed E-state index contributed by atoms with van der Waals surface area (Å²) < 4.78 is 11.7. The van der Waals surface area contributed by atoms with Crippen LogP contribution in [-0.4, -0.2) is 12.0 Å². The third-order valence-electron chi connectivity index (χ3n) is 5.10. The van der Waals surface area contributed by atoms with Crippen LogP contribution < -0.4 is 14.8 Å². The Morgan fingerprint density at radius 1 is 0.828 bits per heavy atom. The van der Waals surface area contributed by atoms with E-state index in [0.29, 0.717) is 11.4 Å². The van der Waals surface area contributed by atoms with Crippen molar-refractivity contribution in [3.63, 3.8) is 0 Å². The number of carbonyl (C=O) groups is 1. The second kappa shape index (κ2) is 8.82. The smallest absolute Gasteiger partial charge is 0.265 e. The van der Waals surface area contributed by atoms with E-state index >= 15 is 0 Å². The quantitative estimate of drug-likeness (QED) is 0.585. The molecule has 0 fully saturated rings. The Bertz CT molecular complexity index is 967. The molecule has 4 nitrogen and oxygen atoms in total. The van der Waals surface area contributed by atoms with Crippen LogP contribution in [0.5, 0.6) is 17.2 Å². The molecular weight excluding hydrogens is 362 g/mol. The predicted molar refractivity (Wildman–Crippen MR) is 115 cm³/mol. The number of rotatable bonds is 6. The summed E-state index contributed by atoms with van der Waals surface area (Å²) in [6.45, 7) is 1.77. The molecule has 1 N–H and O–H groups in total. The fraction of sp³-hybridized carbons (Fsp3) is 0.240. The Morgan fingerprint density at radius 2 is 1.48 bits per heavy atom. The molecule has 0 saturated heterocycles. The van der Waals surface area contributed by atoms with Crippen LogP contribution in [0.4, 0.5) is 5.69 Å². The molecule has 4 heteroatoms. The summed E-state index contributed by atoms with van der Waals surface area (Å²) in [5, 5.41) is 2.90. The third-order valence-corrected chi connectivity index (χ3v) is 5.10. The van der Waals surface area contributed by atoms with E-state index in [1.807, 2.05) is 60.7 Å². The van der Waals surface area contributed by atoms with Gasteiger partial charge in [0.05, 0.1) is 0 Å². The summed E-state index contributed by atoms with van der Waals surface area (Å²) in [6, 6.07) is 23.1. The first-order chi connectivity index (χ1) is 14.2. The zero-order chi connectivity index (χ0) is 20.1. The van der Waals surface area contributed by atoms with Crippen LogP contribution in [0, 0.1) is 0 Å². The Kier molecular flexibility index (Phi) is 5.80. The summed E-state index contributed by atoms with van der Waals surface area (Å²) in [6.07, 6.45) is 4.11. The van der Waals surface area contributed by atoms with Gasteiger partial charge in [0.2, 0.25) is 0 Å². The van der Waals surface area contributed by atoms with Crippen LogP contribution >= 0.6 is 0 Å². The molecule has 0 heterocycles. The molecule has 0 saturated carbocycles. The number of nitrogens with one attached hydrogen (secondary N) is 1. The lowest BCUT2D eigenvalue weighted by Gasteiger charge is -2.19. The van der Waals surface area contributed by atoms with Gasteiger partial charge in [-0.1, -0.05) is 24.3 Å². The average molecular weight is 387 g/mol. The molecule has 0 spiro atoms. The van der Waals surface area contributed by atoms with E-state index in [9.17, 15) is 4.79 Å². The second-order valence-corrected chi connectivity index (χ2v) is 7.33. The highest BCUT2D eigenvalue weighted by molar-refractivity contribution is 5.94. The molecule has 1 amide bonds. The summed E-state index contributed by atoms with van der Waals surface area (Å²) in [4.78, 5) is 12.5. The van der Waals surface area contributed by atoms with Crippen molar-refractivity contribution in [1.82, 2.24) is 0 Å². The summed E-state index contributed by atoms with van der Waals surface area (Å²) in [5.74, 6) is 2.06. The standard InChI is InChI=1S/C25H25NO3/c1-18(28-24-14-11-19-7-5-6-8-20(19)17-24)25(27)26-21-12-15-23(16-13-21)29-22-9-3-2-4-10-22/h2-4,9-18H,5-8H2,1H3,(H,26,27). The molecule has 0 bridgehead atoms. The first kappa shape index (κ1) is 19.1. The molecule has 0 radical (unpaired) electrons. The fourth-order valence-electron chi connectivity index (χ4n) is 3.52. The number of hydrogen-bond acceptors (Lipinski definition) is 3. The lowest BCUT2D eigenvalue weighted by Crippen LogP contribution is -2.30. The molecule has 29 heavy (non-hydrogen) atoms. The van der Waals surface area contributed by atoms with Gasteiger partial charge in [-0.2, -0.15) is 0 Å². The van der Waals surface area contributed by atoms with Gasteiger partial charge >= 0.3 is 0 Å². The lowest BCUT2D eigenvalue weighted by molar-refractivity contribution is -0.122. The highest BCUT2D eigenvalue weighted by Gasteiger charge is 2.16. The first-order valence-corrected chi connectivity index (χ1v) is 10.1. The van der Waals surface area contributed by atoms with Crippen molar-refractivity contribution >= 4 is 11.6 Å². The van der Waals surface area contributed by atoms with Crippen LogP contribution in [-0.2, 0) is 17.6 Å². The maximum absolute atomic E-state index is 12.5. The number of fused-ring (bicyclic) bond motifs is 1. The van der Waals surface area contributed by atoms with Crippen LogP contribution in [0.3, 0.4) is 0 Å². The van der Waals surface area contributed by atoms with Gasteiger partial charge in [0, 0.05) is 5.69 Å². The number of ether oxygens (including phenoxy) is 2. The maximum atomic E-state index is 12.5. The lowest BCUT2D eigenvalue weighted by atomic mass is 9.92. The fourth-order valence-corrected chi connectivity index (χ4v) is 3.52. The molecular formula is C25H25NO3. The monoisotopic (exact) mass is 387 g/mol. The largest absolute Gasteiger partial charge is 0.481 e. The van der Waals surface area contributed by atoms with Crippen molar-refractivity contribution in [2.75, 3.05) is 5.32 Å². The minimum absolute atomic E-state index is 0.181. The molecule has 3 aromatic rings.